The maximum Gasteiger partial charge on any atom is 0.339 e. The summed E-state index contributed by atoms with van der Waals surface area (Å²) in [6.45, 7) is 3.78. The lowest BCUT2D eigenvalue weighted by Gasteiger charge is -2.08. The molecule has 0 aromatic carbocycles. The summed E-state index contributed by atoms with van der Waals surface area (Å²) in [5.74, 6) is 0.225. The molecule has 3 heterocycles. The Bertz CT molecular complexity index is 1100. The Morgan fingerprint density at radius 1 is 1.29 bits per heavy atom. The van der Waals surface area contributed by atoms with E-state index in [1.165, 1.54) is 18.9 Å². The summed E-state index contributed by atoms with van der Waals surface area (Å²) < 4.78 is 12.0. The number of primary amides is 1. The quantitative estimate of drug-likeness (QED) is 0.274. The van der Waals surface area contributed by atoms with E-state index in [1.54, 1.807) is 30.7 Å². The number of esters is 1. The lowest BCUT2D eigenvalue weighted by atomic mass is 10.1. The molecule has 164 valence electrons. The average Bonchev–Trinajstić information content (AvgIpc) is 3.45. The van der Waals surface area contributed by atoms with Crippen LogP contribution in [0, 0.1) is 13.8 Å². The van der Waals surface area contributed by atoms with Crippen LogP contribution < -0.4 is 5.73 Å². The fourth-order valence-electron chi connectivity index (χ4n) is 3.20. The minimum atomic E-state index is -0.491. The number of Topliss-reactive ketones (excluding diaryl/α,β-unsaturated/α-hetero) is 1. The molecule has 0 aliphatic heterocycles. The van der Waals surface area contributed by atoms with E-state index >= 15 is 0 Å². The van der Waals surface area contributed by atoms with Gasteiger partial charge in [-0.2, -0.15) is 0 Å². The summed E-state index contributed by atoms with van der Waals surface area (Å²) in [5, 5.41) is 8.84. The number of hydrogen-bond acceptors (Lipinski definition) is 8. The lowest BCUT2D eigenvalue weighted by molar-refractivity contribution is -0.118. The maximum atomic E-state index is 12.8. The number of ketones is 1. The van der Waals surface area contributed by atoms with Gasteiger partial charge in [0, 0.05) is 18.5 Å². The molecule has 0 aliphatic rings. The van der Waals surface area contributed by atoms with Crippen molar-refractivity contribution in [2.45, 2.75) is 38.4 Å². The van der Waals surface area contributed by atoms with Crippen molar-refractivity contribution in [3.05, 3.63) is 52.5 Å². The molecule has 3 rings (SSSR count). The highest BCUT2D eigenvalue weighted by Gasteiger charge is 2.23. The van der Waals surface area contributed by atoms with Crippen molar-refractivity contribution in [1.29, 1.82) is 0 Å². The Balaban J connectivity index is 1.79. The first-order valence-corrected chi connectivity index (χ1v) is 10.5. The Morgan fingerprint density at radius 2 is 2.06 bits per heavy atom. The molecule has 0 fully saturated rings. The monoisotopic (exact) mass is 445 g/mol. The first-order valence-electron chi connectivity index (χ1n) is 9.48. The van der Waals surface area contributed by atoms with E-state index in [0.717, 1.165) is 0 Å². The molecule has 0 aliphatic carbocycles. The molecule has 0 spiro atoms. The first-order chi connectivity index (χ1) is 14.8. The second kappa shape index (κ2) is 9.65. The molecule has 3 N–H and O–H groups in total. The number of furan rings is 1. The van der Waals surface area contributed by atoms with E-state index < -0.39 is 11.9 Å². The van der Waals surface area contributed by atoms with Crippen molar-refractivity contribution < 1.29 is 23.5 Å². The predicted molar refractivity (Wildman–Crippen MR) is 112 cm³/mol. The zero-order valence-electron chi connectivity index (χ0n) is 17.4. The highest BCUT2D eigenvalue weighted by Crippen LogP contribution is 2.24. The second-order valence-electron chi connectivity index (χ2n) is 6.86. The molecule has 0 saturated carbocycles. The minimum absolute atomic E-state index is 0.0769. The van der Waals surface area contributed by atoms with Crippen LogP contribution in [0.3, 0.4) is 0 Å². The number of rotatable bonds is 10. The number of hydrogen-bond donors (Lipinski definition) is 2. The molecule has 0 bridgehead atoms. The number of H-pyrrole nitrogens is 1. The number of aromatic amines is 1. The molecule has 0 radical (unpaired) electrons. The molecule has 0 atom stereocenters. The number of carbonyl (C=O) groups excluding carboxylic acids is 3. The maximum absolute atomic E-state index is 12.8. The van der Waals surface area contributed by atoms with Crippen LogP contribution >= 0.6 is 11.8 Å². The van der Waals surface area contributed by atoms with Crippen molar-refractivity contribution >= 4 is 29.4 Å². The van der Waals surface area contributed by atoms with Gasteiger partial charge in [-0.05, 0) is 31.5 Å². The van der Waals surface area contributed by atoms with Gasteiger partial charge in [-0.15, -0.1) is 10.2 Å². The third kappa shape index (κ3) is 5.05. The molecular weight excluding hydrogens is 422 g/mol. The summed E-state index contributed by atoms with van der Waals surface area (Å²) in [7, 11) is 1.30. The number of amides is 1. The fourth-order valence-corrected chi connectivity index (χ4v) is 4.03. The molecule has 0 saturated heterocycles. The summed E-state index contributed by atoms with van der Waals surface area (Å²) in [6.07, 6.45) is 2.03. The number of aromatic nitrogens is 4. The van der Waals surface area contributed by atoms with Crippen LogP contribution in [0.15, 0.2) is 28.0 Å². The Kier molecular flexibility index (Phi) is 6.95. The zero-order valence-corrected chi connectivity index (χ0v) is 18.2. The number of nitrogens with two attached hydrogens (primary N) is 1. The van der Waals surface area contributed by atoms with Crippen LogP contribution in [0.25, 0.3) is 0 Å². The third-order valence-corrected chi connectivity index (χ3v) is 5.69. The van der Waals surface area contributed by atoms with E-state index in [9.17, 15) is 14.4 Å². The fraction of sp³-hybridized carbons (Fsp3) is 0.350. The van der Waals surface area contributed by atoms with Crippen molar-refractivity contribution in [2.24, 2.45) is 5.73 Å². The molecule has 11 heteroatoms. The molecule has 3 aromatic rings. The Hall–Kier alpha value is -3.34. The summed E-state index contributed by atoms with van der Waals surface area (Å²) in [4.78, 5) is 38.9. The van der Waals surface area contributed by atoms with Gasteiger partial charge in [0.2, 0.25) is 5.91 Å². The first kappa shape index (κ1) is 22.3. The predicted octanol–water partition coefficient (Wildman–Crippen LogP) is 2.04. The van der Waals surface area contributed by atoms with E-state index in [1.807, 2.05) is 6.07 Å². The molecular formula is C20H23N5O5S. The number of carbonyl (C=O) groups is 3. The van der Waals surface area contributed by atoms with Crippen LogP contribution in [-0.2, 0) is 22.5 Å². The van der Waals surface area contributed by atoms with Crippen LogP contribution in [-0.4, -0.2) is 50.3 Å². The number of aryl methyl sites for hydroxylation is 2. The number of nitrogens with zero attached hydrogens (tertiary/aromatic N) is 3. The molecule has 1 amide bonds. The Morgan fingerprint density at radius 3 is 2.71 bits per heavy atom. The molecule has 3 aromatic heterocycles. The van der Waals surface area contributed by atoms with E-state index in [2.05, 4.69) is 15.2 Å². The van der Waals surface area contributed by atoms with Crippen LogP contribution in [0.5, 0.6) is 0 Å². The second-order valence-corrected chi connectivity index (χ2v) is 7.80. The summed E-state index contributed by atoms with van der Waals surface area (Å²) >= 11 is 1.21. The van der Waals surface area contributed by atoms with Crippen LogP contribution in [0.2, 0.25) is 0 Å². The average molecular weight is 446 g/mol. The molecule has 0 unspecified atom stereocenters. The SMILES string of the molecule is COC(=O)c1c(C)[nH]c(C(=O)CSc2nnc(CCC(N)=O)n2Cc2ccco2)c1C. The van der Waals surface area contributed by atoms with Crippen LogP contribution in [0.1, 0.15) is 50.1 Å². The highest BCUT2D eigenvalue weighted by atomic mass is 32.2. The molecule has 10 nitrogen and oxygen atoms in total. The van der Waals surface area contributed by atoms with Crippen molar-refractivity contribution in [1.82, 2.24) is 19.7 Å². The Labute approximate surface area is 182 Å². The van der Waals surface area contributed by atoms with Gasteiger partial charge in [-0.3, -0.25) is 14.2 Å². The van der Waals surface area contributed by atoms with Gasteiger partial charge in [-0.25, -0.2) is 4.79 Å². The van der Waals surface area contributed by atoms with Gasteiger partial charge in [0.15, 0.2) is 10.9 Å². The third-order valence-electron chi connectivity index (χ3n) is 4.72. The van der Waals surface area contributed by atoms with Crippen LogP contribution in [0.4, 0.5) is 0 Å². The summed E-state index contributed by atoms with van der Waals surface area (Å²) in [6, 6.07) is 3.59. The van der Waals surface area contributed by atoms with Gasteiger partial charge >= 0.3 is 5.97 Å². The van der Waals surface area contributed by atoms with E-state index in [4.69, 9.17) is 14.9 Å². The topological polar surface area (TPSA) is 146 Å². The normalized spacial score (nSPS) is 10.9. The van der Waals surface area contributed by atoms with Gasteiger partial charge in [-0.1, -0.05) is 11.8 Å². The minimum Gasteiger partial charge on any atom is -0.467 e. The van der Waals surface area contributed by atoms with Gasteiger partial charge in [0.1, 0.15) is 11.6 Å². The van der Waals surface area contributed by atoms with Gasteiger partial charge in [0.05, 0.1) is 36.9 Å². The smallest absolute Gasteiger partial charge is 0.339 e. The summed E-state index contributed by atoms with van der Waals surface area (Å²) in [5.41, 5.74) is 7.11. The van der Waals surface area contributed by atoms with Crippen molar-refractivity contribution in [3.8, 4) is 0 Å². The lowest BCUT2D eigenvalue weighted by Crippen LogP contribution is -2.14. The van der Waals surface area contributed by atoms with E-state index in [0.29, 0.717) is 52.2 Å². The van der Waals surface area contributed by atoms with Gasteiger partial charge in [0.25, 0.3) is 0 Å². The molecule has 31 heavy (non-hydrogen) atoms. The largest absolute Gasteiger partial charge is 0.467 e. The number of ether oxygens (including phenoxy) is 1. The van der Waals surface area contributed by atoms with E-state index in [-0.39, 0.29) is 18.0 Å². The van der Waals surface area contributed by atoms with Crippen molar-refractivity contribution in [3.63, 3.8) is 0 Å². The number of methoxy groups -OCH3 is 1. The number of thioether (sulfide) groups is 1. The zero-order chi connectivity index (χ0) is 22.5. The van der Waals surface area contributed by atoms with Gasteiger partial charge < -0.3 is 19.9 Å². The highest BCUT2D eigenvalue weighted by molar-refractivity contribution is 7.99. The number of nitrogens with one attached hydrogen (secondary N) is 1. The standard InChI is InChI=1S/C20H23N5O5S/c1-11-17(19(28)29-3)12(2)22-18(11)14(26)10-31-20-24-23-16(7-6-15(21)27)25(20)9-13-5-4-8-30-13/h4-5,8,22H,6-7,9-10H2,1-3H3,(H2,21,27). The van der Waals surface area contributed by atoms with Crippen molar-refractivity contribution in [2.75, 3.05) is 12.9 Å².